The van der Waals surface area contributed by atoms with Crippen LogP contribution in [0.4, 0.5) is 0 Å². The second-order valence-corrected chi connectivity index (χ2v) is 6.23. The summed E-state index contributed by atoms with van der Waals surface area (Å²) in [5.74, 6) is -3.22. The van der Waals surface area contributed by atoms with E-state index in [1.165, 1.54) is 0 Å². The van der Waals surface area contributed by atoms with Crippen molar-refractivity contribution in [3.63, 3.8) is 0 Å². The Balaban J connectivity index is 2.19. The number of carbonyl (C=O) groups excluding carboxylic acids is 2. The van der Waals surface area contributed by atoms with Crippen molar-refractivity contribution in [1.82, 2.24) is 0 Å². The maximum atomic E-state index is 12.0. The molecule has 0 fully saturated rings. The molecule has 0 aliphatic carbocycles. The molecule has 0 radical (unpaired) electrons. The molecule has 0 aliphatic heterocycles. The normalized spacial score (nSPS) is 10.3. The largest absolute Gasteiger partial charge is 0.475 e. The first kappa shape index (κ1) is 17.4. The molecule has 0 heterocycles. The molecule has 0 aromatic heterocycles. The molecule has 2 aromatic rings. The summed E-state index contributed by atoms with van der Waals surface area (Å²) < 4.78 is 0.902. The third-order valence-corrected chi connectivity index (χ3v) is 4.22. The number of carboxylic acid groups (broad SMARTS) is 1. The van der Waals surface area contributed by atoms with Gasteiger partial charge in [0.25, 0.3) is 0 Å². The van der Waals surface area contributed by atoms with Crippen molar-refractivity contribution in [2.75, 3.05) is 0 Å². The molecule has 1 N–H and O–H groups in total. The van der Waals surface area contributed by atoms with E-state index >= 15 is 0 Å². The van der Waals surface area contributed by atoms with Gasteiger partial charge in [-0.2, -0.15) is 0 Å². The molecule has 2 rings (SSSR count). The molecule has 0 unspecified atom stereocenters. The van der Waals surface area contributed by atoms with Crippen LogP contribution in [0.3, 0.4) is 0 Å². The summed E-state index contributed by atoms with van der Waals surface area (Å²) in [5.41, 5.74) is 2.14. The fourth-order valence-corrected chi connectivity index (χ4v) is 2.66. The number of hydrogen-bond acceptors (Lipinski definition) is 3. The van der Waals surface area contributed by atoms with Crippen LogP contribution in [0.15, 0.2) is 46.9 Å². The highest BCUT2D eigenvalue weighted by molar-refractivity contribution is 9.10. The highest BCUT2D eigenvalue weighted by atomic mass is 79.9. The van der Waals surface area contributed by atoms with Gasteiger partial charge in [-0.3, -0.25) is 9.59 Å². The van der Waals surface area contributed by atoms with E-state index in [0.717, 1.165) is 15.6 Å². The third kappa shape index (κ3) is 4.74. The number of hydrogen-bond donors (Lipinski definition) is 1. The van der Waals surface area contributed by atoms with Crippen molar-refractivity contribution in [2.24, 2.45) is 0 Å². The predicted octanol–water partition coefficient (Wildman–Crippen LogP) is 3.92. The standard InChI is InChI=1S/C17H12BrClO4/c18-14-5-4-13(19)8-12(14)7-10-2-1-3-11(6-10)15(20)9-16(21)17(22)23/h1-6,8H,7,9H2,(H,22,23). The lowest BCUT2D eigenvalue weighted by Gasteiger charge is -2.07. The molecule has 0 spiro atoms. The Hall–Kier alpha value is -1.98. The fourth-order valence-electron chi connectivity index (χ4n) is 2.08. The summed E-state index contributed by atoms with van der Waals surface area (Å²) in [4.78, 5) is 33.6. The molecule has 0 bridgehead atoms. The SMILES string of the molecule is O=C(O)C(=O)CC(=O)c1cccc(Cc2cc(Cl)ccc2Br)c1. The van der Waals surface area contributed by atoms with E-state index in [-0.39, 0.29) is 0 Å². The third-order valence-electron chi connectivity index (χ3n) is 3.21. The number of aliphatic carboxylic acids is 1. The van der Waals surface area contributed by atoms with Gasteiger partial charge in [-0.25, -0.2) is 4.79 Å². The van der Waals surface area contributed by atoms with E-state index in [1.54, 1.807) is 24.3 Å². The fraction of sp³-hybridized carbons (Fsp3) is 0.118. The minimum Gasteiger partial charge on any atom is -0.475 e. The molecule has 23 heavy (non-hydrogen) atoms. The van der Waals surface area contributed by atoms with Crippen LogP contribution in [0.1, 0.15) is 27.9 Å². The van der Waals surface area contributed by atoms with Crippen LogP contribution in [-0.4, -0.2) is 22.6 Å². The zero-order chi connectivity index (χ0) is 17.0. The number of ketones is 2. The highest BCUT2D eigenvalue weighted by Crippen LogP contribution is 2.24. The van der Waals surface area contributed by atoms with E-state index in [2.05, 4.69) is 15.9 Å². The van der Waals surface area contributed by atoms with Gasteiger partial charge in [-0.05, 0) is 41.8 Å². The molecule has 4 nitrogen and oxygen atoms in total. The highest BCUT2D eigenvalue weighted by Gasteiger charge is 2.18. The van der Waals surface area contributed by atoms with Gasteiger partial charge in [0.2, 0.25) is 5.78 Å². The van der Waals surface area contributed by atoms with Gasteiger partial charge < -0.3 is 5.11 Å². The second-order valence-electron chi connectivity index (χ2n) is 4.94. The average Bonchev–Trinajstić information content (AvgIpc) is 2.51. The van der Waals surface area contributed by atoms with Crippen molar-refractivity contribution in [3.05, 3.63) is 68.7 Å². The summed E-state index contributed by atoms with van der Waals surface area (Å²) >= 11 is 9.43. The Morgan fingerprint density at radius 2 is 1.83 bits per heavy atom. The lowest BCUT2D eigenvalue weighted by Crippen LogP contribution is -2.17. The lowest BCUT2D eigenvalue weighted by atomic mass is 9.99. The smallest absolute Gasteiger partial charge is 0.372 e. The van der Waals surface area contributed by atoms with Crippen molar-refractivity contribution < 1.29 is 19.5 Å². The Kier molecular flexibility index (Phi) is 5.69. The van der Waals surface area contributed by atoms with Crippen LogP contribution in [-0.2, 0) is 16.0 Å². The number of carboxylic acids is 1. The first-order valence-corrected chi connectivity index (χ1v) is 7.86. The Bertz CT molecular complexity index is 786. The van der Waals surface area contributed by atoms with Crippen LogP contribution in [0, 0.1) is 0 Å². The summed E-state index contributed by atoms with van der Waals surface area (Å²) in [6.07, 6.45) is -0.0885. The van der Waals surface area contributed by atoms with E-state index in [0.29, 0.717) is 17.0 Å². The zero-order valence-electron chi connectivity index (χ0n) is 11.9. The number of halogens is 2. The monoisotopic (exact) mass is 394 g/mol. The van der Waals surface area contributed by atoms with Crippen LogP contribution in [0.2, 0.25) is 5.02 Å². The number of rotatable bonds is 6. The number of benzene rings is 2. The van der Waals surface area contributed by atoms with Gasteiger partial charge in [0.05, 0.1) is 6.42 Å². The van der Waals surface area contributed by atoms with E-state index < -0.39 is 24.0 Å². The summed E-state index contributed by atoms with van der Waals surface area (Å²) in [6, 6.07) is 12.2. The van der Waals surface area contributed by atoms with Gasteiger partial charge in [-0.1, -0.05) is 45.7 Å². The minimum absolute atomic E-state index is 0.315. The average molecular weight is 396 g/mol. The lowest BCUT2D eigenvalue weighted by molar-refractivity contribution is -0.148. The first-order valence-electron chi connectivity index (χ1n) is 6.69. The topological polar surface area (TPSA) is 71.4 Å². The Morgan fingerprint density at radius 3 is 2.52 bits per heavy atom. The van der Waals surface area contributed by atoms with Gasteiger partial charge >= 0.3 is 5.97 Å². The molecular formula is C17H12BrClO4. The molecule has 2 aromatic carbocycles. The van der Waals surface area contributed by atoms with Crippen molar-refractivity contribution >= 4 is 45.1 Å². The number of carbonyl (C=O) groups is 3. The maximum Gasteiger partial charge on any atom is 0.372 e. The second kappa shape index (κ2) is 7.53. The minimum atomic E-state index is -1.60. The van der Waals surface area contributed by atoms with Crippen molar-refractivity contribution in [1.29, 1.82) is 0 Å². The van der Waals surface area contributed by atoms with Crippen LogP contribution >= 0.6 is 27.5 Å². The molecular weight excluding hydrogens is 384 g/mol. The predicted molar refractivity (Wildman–Crippen MR) is 90.0 cm³/mol. The van der Waals surface area contributed by atoms with Gasteiger partial charge in [0.1, 0.15) is 0 Å². The molecule has 0 aliphatic rings. The van der Waals surface area contributed by atoms with Crippen LogP contribution < -0.4 is 0 Å². The van der Waals surface area contributed by atoms with Crippen LogP contribution in [0.25, 0.3) is 0 Å². The summed E-state index contributed by atoms with van der Waals surface area (Å²) in [7, 11) is 0. The Labute approximate surface area is 146 Å². The van der Waals surface area contributed by atoms with Gasteiger partial charge in [-0.15, -0.1) is 0 Å². The molecule has 118 valence electrons. The van der Waals surface area contributed by atoms with E-state index in [4.69, 9.17) is 16.7 Å². The Morgan fingerprint density at radius 1 is 1.09 bits per heavy atom. The molecule has 0 saturated carbocycles. The molecule has 0 saturated heterocycles. The van der Waals surface area contributed by atoms with E-state index in [1.807, 2.05) is 18.2 Å². The molecule has 0 amide bonds. The quantitative estimate of drug-likeness (QED) is 0.457. The number of Topliss-reactive ketones (excluding diaryl/α,β-unsaturated/α-hetero) is 2. The van der Waals surface area contributed by atoms with Gasteiger partial charge in [0.15, 0.2) is 5.78 Å². The van der Waals surface area contributed by atoms with Crippen molar-refractivity contribution in [3.8, 4) is 0 Å². The first-order chi connectivity index (χ1) is 10.9. The van der Waals surface area contributed by atoms with E-state index in [9.17, 15) is 14.4 Å². The molecule has 6 heteroatoms. The van der Waals surface area contributed by atoms with Crippen molar-refractivity contribution in [2.45, 2.75) is 12.8 Å². The van der Waals surface area contributed by atoms with Gasteiger partial charge in [0, 0.05) is 15.1 Å². The van der Waals surface area contributed by atoms with Crippen LogP contribution in [0.5, 0.6) is 0 Å². The zero-order valence-corrected chi connectivity index (χ0v) is 14.2. The maximum absolute atomic E-state index is 12.0. The summed E-state index contributed by atoms with van der Waals surface area (Å²) in [5, 5.41) is 9.18. The summed E-state index contributed by atoms with van der Waals surface area (Å²) in [6.45, 7) is 0. The molecule has 0 atom stereocenters.